The zero-order valence-corrected chi connectivity index (χ0v) is 20.1. The number of ether oxygens (including phenoxy) is 1. The van der Waals surface area contributed by atoms with E-state index in [2.05, 4.69) is 21.2 Å². The number of anilines is 2. The van der Waals surface area contributed by atoms with Crippen LogP contribution in [-0.4, -0.2) is 30.5 Å². The predicted octanol–water partition coefficient (Wildman–Crippen LogP) is 4.32. The summed E-state index contributed by atoms with van der Waals surface area (Å²) in [7, 11) is 0. The molecule has 0 aliphatic heterocycles. The number of benzene rings is 3. The summed E-state index contributed by atoms with van der Waals surface area (Å²) in [5.74, 6) is -1.73. The molecule has 0 aromatic heterocycles. The van der Waals surface area contributed by atoms with Gasteiger partial charge in [0.25, 0.3) is 5.91 Å². The molecule has 3 amide bonds. The average molecular weight is 493 g/mol. The number of hydrazone groups is 1. The maximum atomic E-state index is 12.1. The highest BCUT2D eigenvalue weighted by molar-refractivity contribution is 6.39. The van der Waals surface area contributed by atoms with Gasteiger partial charge in [0.1, 0.15) is 5.75 Å². The van der Waals surface area contributed by atoms with E-state index in [4.69, 9.17) is 16.3 Å². The summed E-state index contributed by atoms with van der Waals surface area (Å²) in [6.07, 6.45) is 2.05. The summed E-state index contributed by atoms with van der Waals surface area (Å²) in [6, 6.07) is 19.4. The minimum Gasteiger partial charge on any atom is -0.482 e. The van der Waals surface area contributed by atoms with E-state index in [9.17, 15) is 14.4 Å². The monoisotopic (exact) mass is 492 g/mol. The first-order chi connectivity index (χ1) is 16.9. The number of nitrogens with one attached hydrogen (secondary N) is 3. The van der Waals surface area contributed by atoms with Crippen molar-refractivity contribution in [2.45, 2.75) is 20.3 Å². The van der Waals surface area contributed by atoms with Crippen LogP contribution in [0.1, 0.15) is 23.6 Å². The molecule has 0 bridgehead atoms. The smallest absolute Gasteiger partial charge is 0.329 e. The molecule has 0 atom stereocenters. The molecule has 0 aliphatic rings. The van der Waals surface area contributed by atoms with Crippen LogP contribution in [0.15, 0.2) is 71.8 Å². The largest absolute Gasteiger partial charge is 0.482 e. The van der Waals surface area contributed by atoms with Crippen molar-refractivity contribution in [2.24, 2.45) is 5.10 Å². The second-order valence-electron chi connectivity index (χ2n) is 7.56. The fourth-order valence-corrected chi connectivity index (χ4v) is 3.28. The minimum absolute atomic E-state index is 0.215. The van der Waals surface area contributed by atoms with Gasteiger partial charge >= 0.3 is 11.8 Å². The summed E-state index contributed by atoms with van der Waals surface area (Å²) in [6.45, 7) is 3.70. The van der Waals surface area contributed by atoms with Crippen LogP contribution in [0.3, 0.4) is 0 Å². The number of hydrogen-bond donors (Lipinski definition) is 3. The van der Waals surface area contributed by atoms with E-state index >= 15 is 0 Å². The van der Waals surface area contributed by atoms with Crippen LogP contribution < -0.4 is 20.8 Å². The number of rotatable bonds is 8. The fraction of sp³-hybridized carbons (Fsp3) is 0.154. The van der Waals surface area contributed by atoms with Gasteiger partial charge < -0.3 is 15.4 Å². The van der Waals surface area contributed by atoms with E-state index in [0.29, 0.717) is 29.1 Å². The molecule has 180 valence electrons. The number of amides is 3. The SMILES string of the molecule is CCc1ccccc1NC(=O)C(=O)N/N=C\c1ccc(OCC(=O)Nc2ccc(C)cc2)c(Cl)c1. The van der Waals surface area contributed by atoms with Gasteiger partial charge in [-0.25, -0.2) is 5.43 Å². The van der Waals surface area contributed by atoms with Crippen LogP contribution in [0, 0.1) is 6.92 Å². The lowest BCUT2D eigenvalue weighted by Gasteiger charge is -2.09. The molecule has 8 nitrogen and oxygen atoms in total. The quantitative estimate of drug-likeness (QED) is 0.247. The molecule has 0 fully saturated rings. The Bertz CT molecular complexity index is 1240. The first-order valence-corrected chi connectivity index (χ1v) is 11.2. The standard InChI is InChI=1S/C26H25ClN4O4/c1-3-19-6-4-5-7-22(19)30-25(33)26(34)31-28-15-18-10-13-23(21(27)14-18)35-16-24(32)29-20-11-8-17(2)9-12-20/h4-15H,3,16H2,1-2H3,(H,29,32)(H,30,33)(H,31,34)/b28-15-. The van der Waals surface area contributed by atoms with Crippen LogP contribution in [0.2, 0.25) is 5.02 Å². The zero-order chi connectivity index (χ0) is 25.2. The third-order valence-electron chi connectivity index (χ3n) is 4.88. The summed E-state index contributed by atoms with van der Waals surface area (Å²) in [4.78, 5) is 36.2. The molecule has 3 aromatic carbocycles. The van der Waals surface area contributed by atoms with Gasteiger partial charge in [0.05, 0.1) is 11.2 Å². The van der Waals surface area contributed by atoms with Crippen molar-refractivity contribution in [1.29, 1.82) is 0 Å². The lowest BCUT2D eigenvalue weighted by Crippen LogP contribution is -2.32. The van der Waals surface area contributed by atoms with Crippen LogP contribution in [0.25, 0.3) is 0 Å². The van der Waals surface area contributed by atoms with Gasteiger partial charge in [-0.05, 0) is 60.9 Å². The molecule has 3 aromatic rings. The summed E-state index contributed by atoms with van der Waals surface area (Å²) < 4.78 is 5.49. The lowest BCUT2D eigenvalue weighted by molar-refractivity contribution is -0.136. The maximum Gasteiger partial charge on any atom is 0.329 e. The Labute approximate surface area is 208 Å². The number of halogens is 1. The van der Waals surface area contributed by atoms with E-state index in [1.165, 1.54) is 6.21 Å². The van der Waals surface area contributed by atoms with Gasteiger partial charge in [0, 0.05) is 11.4 Å². The predicted molar refractivity (Wildman–Crippen MR) is 137 cm³/mol. The number of carbonyl (C=O) groups excluding carboxylic acids is 3. The number of nitrogens with zero attached hydrogens (tertiary/aromatic N) is 1. The Hall–Kier alpha value is -4.17. The first-order valence-electron chi connectivity index (χ1n) is 10.9. The van der Waals surface area contributed by atoms with Crippen LogP contribution >= 0.6 is 11.6 Å². The first kappa shape index (κ1) is 25.5. The summed E-state index contributed by atoms with van der Waals surface area (Å²) in [5.41, 5.74) is 6.00. The Morgan fingerprint density at radius 3 is 2.43 bits per heavy atom. The molecular weight excluding hydrogens is 468 g/mol. The van der Waals surface area contributed by atoms with Gasteiger partial charge in [-0.2, -0.15) is 5.10 Å². The third-order valence-corrected chi connectivity index (χ3v) is 5.18. The van der Waals surface area contributed by atoms with Crippen molar-refractivity contribution in [2.75, 3.05) is 17.2 Å². The second kappa shape index (κ2) is 12.3. The number of aryl methyl sites for hydroxylation is 2. The molecule has 0 saturated carbocycles. The van der Waals surface area contributed by atoms with Crippen molar-refractivity contribution in [3.8, 4) is 5.75 Å². The molecule has 0 saturated heterocycles. The van der Waals surface area contributed by atoms with Gasteiger partial charge in [-0.3, -0.25) is 14.4 Å². The van der Waals surface area contributed by atoms with E-state index in [-0.39, 0.29) is 17.5 Å². The Kier molecular flexibility index (Phi) is 8.97. The van der Waals surface area contributed by atoms with Crippen molar-refractivity contribution >= 4 is 46.9 Å². The van der Waals surface area contributed by atoms with E-state index in [0.717, 1.165) is 11.1 Å². The highest BCUT2D eigenvalue weighted by Gasteiger charge is 2.14. The molecule has 0 heterocycles. The van der Waals surface area contributed by atoms with Crippen molar-refractivity contribution in [3.05, 3.63) is 88.4 Å². The molecule has 0 radical (unpaired) electrons. The molecule has 9 heteroatoms. The summed E-state index contributed by atoms with van der Waals surface area (Å²) in [5, 5.41) is 9.37. The molecule has 3 N–H and O–H groups in total. The van der Waals surface area contributed by atoms with E-state index in [1.54, 1.807) is 42.5 Å². The summed E-state index contributed by atoms with van der Waals surface area (Å²) >= 11 is 6.23. The number of para-hydroxylation sites is 1. The molecule has 3 rings (SSSR count). The van der Waals surface area contributed by atoms with Crippen LogP contribution in [-0.2, 0) is 20.8 Å². The zero-order valence-electron chi connectivity index (χ0n) is 19.3. The van der Waals surface area contributed by atoms with Crippen molar-refractivity contribution in [1.82, 2.24) is 5.43 Å². The van der Waals surface area contributed by atoms with E-state index in [1.807, 2.05) is 38.1 Å². The molecule has 0 unspecified atom stereocenters. The van der Waals surface area contributed by atoms with Gasteiger partial charge in [-0.1, -0.05) is 54.4 Å². The van der Waals surface area contributed by atoms with Crippen molar-refractivity contribution in [3.63, 3.8) is 0 Å². The normalized spacial score (nSPS) is 10.6. The average Bonchev–Trinajstić information content (AvgIpc) is 2.85. The Balaban J connectivity index is 1.49. The highest BCUT2D eigenvalue weighted by Crippen LogP contribution is 2.25. The second-order valence-corrected chi connectivity index (χ2v) is 7.96. The van der Waals surface area contributed by atoms with Crippen LogP contribution in [0.5, 0.6) is 5.75 Å². The van der Waals surface area contributed by atoms with E-state index < -0.39 is 11.8 Å². The number of carbonyl (C=O) groups is 3. The van der Waals surface area contributed by atoms with Crippen LogP contribution in [0.4, 0.5) is 11.4 Å². The lowest BCUT2D eigenvalue weighted by atomic mass is 10.1. The molecule has 35 heavy (non-hydrogen) atoms. The minimum atomic E-state index is -0.905. The highest BCUT2D eigenvalue weighted by atomic mass is 35.5. The van der Waals surface area contributed by atoms with Gasteiger partial charge in [-0.15, -0.1) is 0 Å². The fourth-order valence-electron chi connectivity index (χ4n) is 3.04. The Morgan fingerprint density at radius 1 is 0.971 bits per heavy atom. The van der Waals surface area contributed by atoms with Crippen molar-refractivity contribution < 1.29 is 19.1 Å². The molecular formula is C26H25ClN4O4. The Morgan fingerprint density at radius 2 is 1.71 bits per heavy atom. The van der Waals surface area contributed by atoms with Gasteiger partial charge in [0.15, 0.2) is 6.61 Å². The van der Waals surface area contributed by atoms with Gasteiger partial charge in [0.2, 0.25) is 0 Å². The topological polar surface area (TPSA) is 109 Å². The molecule has 0 spiro atoms. The molecule has 0 aliphatic carbocycles. The number of hydrogen-bond acceptors (Lipinski definition) is 5. The third kappa shape index (κ3) is 7.68. The maximum absolute atomic E-state index is 12.1.